The van der Waals surface area contributed by atoms with Crippen molar-refractivity contribution in [2.45, 2.75) is 31.1 Å². The minimum absolute atomic E-state index is 0.105. The molecular formula is C23H18Br2F3N. The predicted octanol–water partition coefficient (Wildman–Crippen LogP) is 8.31. The summed E-state index contributed by atoms with van der Waals surface area (Å²) in [6, 6.07) is 22.1. The predicted molar refractivity (Wildman–Crippen MR) is 117 cm³/mol. The zero-order valence-electron chi connectivity index (χ0n) is 15.3. The van der Waals surface area contributed by atoms with Gasteiger partial charge < -0.3 is 4.90 Å². The van der Waals surface area contributed by atoms with Crippen molar-refractivity contribution in [2.24, 2.45) is 0 Å². The van der Waals surface area contributed by atoms with Gasteiger partial charge >= 0.3 is 6.18 Å². The van der Waals surface area contributed by atoms with Crippen LogP contribution in [0.3, 0.4) is 0 Å². The Kier molecular flexibility index (Phi) is 5.76. The Hall–Kier alpha value is -1.79. The second-order valence-electron chi connectivity index (χ2n) is 7.16. The van der Waals surface area contributed by atoms with Crippen molar-refractivity contribution in [3.8, 4) is 0 Å². The SMILES string of the molecule is FC(F)(F)c1ccc(N2[C@H](c3ccc(Br)cc3)CC[C@H]2c2ccc(Br)cc2)cc1. The average molecular weight is 525 g/mol. The van der Waals surface area contributed by atoms with E-state index in [1.807, 2.05) is 24.3 Å². The van der Waals surface area contributed by atoms with Gasteiger partial charge in [-0.2, -0.15) is 13.2 Å². The lowest BCUT2D eigenvalue weighted by molar-refractivity contribution is -0.137. The van der Waals surface area contributed by atoms with E-state index in [1.165, 1.54) is 12.1 Å². The van der Waals surface area contributed by atoms with Gasteiger partial charge in [0.2, 0.25) is 0 Å². The van der Waals surface area contributed by atoms with E-state index in [1.54, 1.807) is 12.1 Å². The maximum atomic E-state index is 13.0. The van der Waals surface area contributed by atoms with Crippen molar-refractivity contribution in [3.05, 3.63) is 98.4 Å². The molecule has 0 N–H and O–H groups in total. The third-order valence-electron chi connectivity index (χ3n) is 5.39. The average Bonchev–Trinajstić information content (AvgIpc) is 3.13. The first kappa shape index (κ1) is 20.5. The van der Waals surface area contributed by atoms with Gasteiger partial charge in [-0.1, -0.05) is 56.1 Å². The molecule has 0 amide bonds. The molecule has 150 valence electrons. The van der Waals surface area contributed by atoms with E-state index in [9.17, 15) is 13.2 Å². The third-order valence-corrected chi connectivity index (χ3v) is 6.44. The van der Waals surface area contributed by atoms with Crippen molar-refractivity contribution >= 4 is 37.5 Å². The van der Waals surface area contributed by atoms with Gasteiger partial charge in [0, 0.05) is 14.6 Å². The van der Waals surface area contributed by atoms with Crippen molar-refractivity contribution in [2.75, 3.05) is 4.90 Å². The second kappa shape index (κ2) is 8.15. The number of nitrogens with zero attached hydrogens (tertiary/aromatic N) is 1. The minimum Gasteiger partial charge on any atom is -0.357 e. The van der Waals surface area contributed by atoms with Gasteiger partial charge in [-0.15, -0.1) is 0 Å². The van der Waals surface area contributed by atoms with Crippen LogP contribution in [0, 0.1) is 0 Å². The maximum Gasteiger partial charge on any atom is 0.416 e. The second-order valence-corrected chi connectivity index (χ2v) is 9.00. The number of halogens is 5. The molecule has 29 heavy (non-hydrogen) atoms. The van der Waals surface area contributed by atoms with Crippen molar-refractivity contribution in [1.82, 2.24) is 0 Å². The van der Waals surface area contributed by atoms with E-state index in [2.05, 4.69) is 61.0 Å². The maximum absolute atomic E-state index is 13.0. The number of rotatable bonds is 3. The molecule has 0 aromatic heterocycles. The minimum atomic E-state index is -4.33. The molecule has 1 aliphatic rings. The van der Waals surface area contributed by atoms with Crippen LogP contribution in [0.5, 0.6) is 0 Å². The van der Waals surface area contributed by atoms with Gasteiger partial charge in [-0.05, 0) is 72.5 Å². The highest BCUT2D eigenvalue weighted by molar-refractivity contribution is 9.10. The van der Waals surface area contributed by atoms with Gasteiger partial charge in [0.1, 0.15) is 0 Å². The summed E-state index contributed by atoms with van der Waals surface area (Å²) in [5, 5.41) is 0. The highest BCUT2D eigenvalue weighted by Gasteiger charge is 2.36. The molecule has 1 fully saturated rings. The third kappa shape index (κ3) is 4.38. The van der Waals surface area contributed by atoms with Gasteiger partial charge in [0.15, 0.2) is 0 Å². The Morgan fingerprint density at radius 1 is 0.655 bits per heavy atom. The lowest BCUT2D eigenvalue weighted by atomic mass is 10.0. The molecule has 1 nitrogen and oxygen atoms in total. The topological polar surface area (TPSA) is 3.24 Å². The standard InChI is InChI=1S/C23H18Br2F3N/c24-18-7-1-15(2-8-18)21-13-14-22(16-3-9-19(25)10-4-16)29(21)20-11-5-17(6-12-20)23(26,27)28/h1-12,21-22H,13-14H2/t21-,22-/m0/s1. The summed E-state index contributed by atoms with van der Waals surface area (Å²) in [5.74, 6) is 0. The molecule has 0 saturated carbocycles. The van der Waals surface area contributed by atoms with Crippen LogP contribution in [0.4, 0.5) is 18.9 Å². The molecule has 3 aromatic carbocycles. The van der Waals surface area contributed by atoms with Crippen LogP contribution in [0.2, 0.25) is 0 Å². The summed E-state index contributed by atoms with van der Waals surface area (Å²) in [6.45, 7) is 0. The summed E-state index contributed by atoms with van der Waals surface area (Å²) in [6.07, 6.45) is -2.47. The molecule has 1 heterocycles. The Balaban J connectivity index is 1.74. The molecule has 0 bridgehead atoms. The fraction of sp³-hybridized carbons (Fsp3) is 0.217. The summed E-state index contributed by atoms with van der Waals surface area (Å²) in [4.78, 5) is 2.26. The summed E-state index contributed by atoms with van der Waals surface area (Å²) in [7, 11) is 0. The number of hydrogen-bond donors (Lipinski definition) is 0. The number of alkyl halides is 3. The van der Waals surface area contributed by atoms with Gasteiger partial charge in [-0.25, -0.2) is 0 Å². The molecule has 4 rings (SSSR count). The van der Waals surface area contributed by atoms with Crippen LogP contribution in [0.1, 0.15) is 41.6 Å². The van der Waals surface area contributed by atoms with Gasteiger partial charge in [-0.3, -0.25) is 0 Å². The summed E-state index contributed by atoms with van der Waals surface area (Å²) < 4.78 is 41.1. The van der Waals surface area contributed by atoms with Crippen LogP contribution >= 0.6 is 31.9 Å². The molecule has 0 aliphatic carbocycles. The molecule has 2 atom stereocenters. The van der Waals surface area contributed by atoms with Crippen molar-refractivity contribution in [3.63, 3.8) is 0 Å². The van der Waals surface area contributed by atoms with E-state index in [0.29, 0.717) is 0 Å². The number of hydrogen-bond acceptors (Lipinski definition) is 1. The number of anilines is 1. The van der Waals surface area contributed by atoms with Crippen LogP contribution in [-0.2, 0) is 6.18 Å². The fourth-order valence-corrected chi connectivity index (χ4v) is 4.55. The van der Waals surface area contributed by atoms with E-state index < -0.39 is 11.7 Å². The van der Waals surface area contributed by atoms with E-state index in [0.717, 1.165) is 38.6 Å². The van der Waals surface area contributed by atoms with Gasteiger partial charge in [0.05, 0.1) is 17.6 Å². The first-order chi connectivity index (χ1) is 13.8. The first-order valence-corrected chi connectivity index (χ1v) is 10.9. The Labute approximate surface area is 184 Å². The molecule has 0 radical (unpaired) electrons. The van der Waals surface area contributed by atoms with Crippen LogP contribution in [-0.4, -0.2) is 0 Å². The quantitative estimate of drug-likeness (QED) is 0.333. The highest BCUT2D eigenvalue weighted by Crippen LogP contribution is 2.47. The largest absolute Gasteiger partial charge is 0.416 e. The Morgan fingerprint density at radius 2 is 1.07 bits per heavy atom. The van der Waals surface area contributed by atoms with Crippen molar-refractivity contribution in [1.29, 1.82) is 0 Å². The molecule has 0 spiro atoms. The molecule has 1 aliphatic heterocycles. The molecule has 3 aromatic rings. The molecule has 0 unspecified atom stereocenters. The lowest BCUT2D eigenvalue weighted by Crippen LogP contribution is -2.26. The molecule has 6 heteroatoms. The Bertz CT molecular complexity index is 914. The monoisotopic (exact) mass is 523 g/mol. The van der Waals surface area contributed by atoms with Crippen molar-refractivity contribution < 1.29 is 13.2 Å². The lowest BCUT2D eigenvalue weighted by Gasteiger charge is -2.33. The fourth-order valence-electron chi connectivity index (χ4n) is 4.02. The zero-order chi connectivity index (χ0) is 20.6. The summed E-state index contributed by atoms with van der Waals surface area (Å²) in [5.41, 5.74) is 2.50. The highest BCUT2D eigenvalue weighted by atomic mass is 79.9. The first-order valence-electron chi connectivity index (χ1n) is 9.29. The van der Waals surface area contributed by atoms with E-state index in [4.69, 9.17) is 0 Å². The van der Waals surface area contributed by atoms with Crippen LogP contribution in [0.15, 0.2) is 81.7 Å². The molecule has 1 saturated heterocycles. The summed E-state index contributed by atoms with van der Waals surface area (Å²) >= 11 is 6.94. The van der Waals surface area contributed by atoms with E-state index in [-0.39, 0.29) is 12.1 Å². The number of benzene rings is 3. The smallest absolute Gasteiger partial charge is 0.357 e. The zero-order valence-corrected chi connectivity index (χ0v) is 18.5. The Morgan fingerprint density at radius 3 is 1.45 bits per heavy atom. The normalized spacial score (nSPS) is 19.6. The van der Waals surface area contributed by atoms with Crippen LogP contribution in [0.25, 0.3) is 0 Å². The van der Waals surface area contributed by atoms with Crippen LogP contribution < -0.4 is 4.90 Å². The molecular weight excluding hydrogens is 507 g/mol. The van der Waals surface area contributed by atoms with Gasteiger partial charge in [0.25, 0.3) is 0 Å². The van der Waals surface area contributed by atoms with E-state index >= 15 is 0 Å².